The van der Waals surface area contributed by atoms with Crippen molar-refractivity contribution in [3.8, 4) is 17.2 Å². The number of thioether (sulfide) groups is 1. The maximum atomic E-state index is 11.7. The van der Waals surface area contributed by atoms with Crippen LogP contribution in [0.4, 0.5) is 0 Å². The molecule has 0 atom stereocenters. The summed E-state index contributed by atoms with van der Waals surface area (Å²) in [6.07, 6.45) is 1.84. The summed E-state index contributed by atoms with van der Waals surface area (Å²) in [5.41, 5.74) is 4.70. The van der Waals surface area contributed by atoms with Crippen LogP contribution in [0.5, 0.6) is 5.75 Å². The van der Waals surface area contributed by atoms with Crippen molar-refractivity contribution >= 4 is 22.9 Å². The molecular formula is C29H28N4O3S. The summed E-state index contributed by atoms with van der Waals surface area (Å²) >= 11 is 1.94. The fourth-order valence-electron chi connectivity index (χ4n) is 4.03. The van der Waals surface area contributed by atoms with Crippen molar-refractivity contribution < 1.29 is 9.15 Å². The smallest absolute Gasteiger partial charge is 0.182 e. The second kappa shape index (κ2) is 12.0. The van der Waals surface area contributed by atoms with E-state index < -0.39 is 0 Å². The molecule has 8 heteroatoms. The zero-order chi connectivity index (χ0) is 25.5. The van der Waals surface area contributed by atoms with Gasteiger partial charge in [0.05, 0.1) is 17.1 Å². The molecule has 3 aromatic rings. The number of hydrogen-bond acceptors (Lipinski definition) is 8. The van der Waals surface area contributed by atoms with Crippen LogP contribution in [-0.4, -0.2) is 37.9 Å². The molecule has 3 heterocycles. The molecule has 5 rings (SSSR count). The van der Waals surface area contributed by atoms with Gasteiger partial charge < -0.3 is 9.15 Å². The topological polar surface area (TPSA) is 81.4 Å². The molecule has 2 aromatic heterocycles. The van der Waals surface area contributed by atoms with Gasteiger partial charge in [-0.15, -0.1) is 0 Å². The van der Waals surface area contributed by atoms with Crippen molar-refractivity contribution in [3.05, 3.63) is 106 Å². The maximum Gasteiger partial charge on any atom is 0.182 e. The van der Waals surface area contributed by atoms with Gasteiger partial charge in [-0.05, 0) is 54.3 Å². The Morgan fingerprint density at radius 1 is 0.919 bits per heavy atom. The first-order valence-corrected chi connectivity index (χ1v) is 13.4. The lowest BCUT2D eigenvalue weighted by atomic mass is 10.2. The standard InChI is InChI=1S/C29H28N4O3S/c1-2-37-15-14-33(18-21-6-3-4-13-30-21)19-22-7-5-8-23(31-22)20-35-25-10-12-27-29(17-25)36-28-16-24(34)9-11-26(28)32-27/h3-13,16-17H,2,14-15,18-20H2,1H3. The molecule has 0 fully saturated rings. The number of aromatic nitrogens is 3. The maximum absolute atomic E-state index is 11.7. The average Bonchev–Trinajstić information content (AvgIpc) is 2.91. The molecule has 0 saturated carbocycles. The Morgan fingerprint density at radius 3 is 2.65 bits per heavy atom. The molecule has 0 N–H and O–H groups in total. The monoisotopic (exact) mass is 512 g/mol. The number of rotatable bonds is 11. The van der Waals surface area contributed by atoms with Gasteiger partial charge in [0.15, 0.2) is 16.8 Å². The van der Waals surface area contributed by atoms with Gasteiger partial charge in [0.2, 0.25) is 0 Å². The molecular weight excluding hydrogens is 484 g/mol. The minimum absolute atomic E-state index is 0.113. The highest BCUT2D eigenvalue weighted by Crippen LogP contribution is 2.26. The van der Waals surface area contributed by atoms with Crippen molar-refractivity contribution in [1.29, 1.82) is 0 Å². The summed E-state index contributed by atoms with van der Waals surface area (Å²) < 4.78 is 11.9. The van der Waals surface area contributed by atoms with Crippen LogP contribution in [0.25, 0.3) is 22.6 Å². The molecule has 7 nitrogen and oxygen atoms in total. The molecule has 0 saturated heterocycles. The molecule has 0 unspecified atom stereocenters. The predicted molar refractivity (Wildman–Crippen MR) is 147 cm³/mol. The SMILES string of the molecule is CCSCCN(Cc1ccccn1)Cc1cccc(COc2ccc3nc4ccc(=O)cc-4oc3c2)n1. The Hall–Kier alpha value is -3.75. The number of hydrogen-bond donors (Lipinski definition) is 0. The molecule has 188 valence electrons. The number of fused-ring (bicyclic) bond motifs is 2. The van der Waals surface area contributed by atoms with Crippen LogP contribution in [0.3, 0.4) is 0 Å². The van der Waals surface area contributed by atoms with E-state index >= 15 is 0 Å². The van der Waals surface area contributed by atoms with Crippen LogP contribution >= 0.6 is 11.8 Å². The summed E-state index contributed by atoms with van der Waals surface area (Å²) in [6, 6.07) is 22.2. The normalized spacial score (nSPS) is 11.4. The quantitative estimate of drug-likeness (QED) is 0.171. The van der Waals surface area contributed by atoms with Gasteiger partial charge in [0.25, 0.3) is 0 Å². The minimum atomic E-state index is -0.113. The Morgan fingerprint density at radius 2 is 1.78 bits per heavy atom. The lowest BCUT2D eigenvalue weighted by Crippen LogP contribution is -2.26. The summed E-state index contributed by atoms with van der Waals surface area (Å²) in [5, 5.41) is 0. The third-order valence-corrected chi connectivity index (χ3v) is 6.71. The first kappa shape index (κ1) is 24.9. The van der Waals surface area contributed by atoms with Gasteiger partial charge in [-0.25, -0.2) is 4.98 Å². The van der Waals surface area contributed by atoms with Gasteiger partial charge >= 0.3 is 0 Å². The van der Waals surface area contributed by atoms with Crippen LogP contribution < -0.4 is 10.2 Å². The van der Waals surface area contributed by atoms with Crippen molar-refractivity contribution in [2.24, 2.45) is 0 Å². The number of pyridine rings is 2. The molecule has 0 bridgehead atoms. The van der Waals surface area contributed by atoms with Crippen LogP contribution in [-0.2, 0) is 19.7 Å². The first-order chi connectivity index (χ1) is 18.2. The van der Waals surface area contributed by atoms with E-state index in [0.29, 0.717) is 34.9 Å². The third-order valence-electron chi connectivity index (χ3n) is 5.83. The fraction of sp³-hybridized carbons (Fsp3) is 0.241. The highest BCUT2D eigenvalue weighted by molar-refractivity contribution is 7.99. The van der Waals surface area contributed by atoms with Gasteiger partial charge in [-0.2, -0.15) is 11.8 Å². The number of nitrogens with zero attached hydrogens (tertiary/aromatic N) is 4. The highest BCUT2D eigenvalue weighted by atomic mass is 32.2. The Labute approximate surface area is 219 Å². The van der Waals surface area contributed by atoms with Crippen LogP contribution in [0.2, 0.25) is 0 Å². The molecule has 2 aliphatic rings. The zero-order valence-electron chi connectivity index (χ0n) is 20.7. The van der Waals surface area contributed by atoms with Crippen molar-refractivity contribution in [2.75, 3.05) is 18.1 Å². The van der Waals surface area contributed by atoms with E-state index in [-0.39, 0.29) is 5.43 Å². The molecule has 0 radical (unpaired) electrons. The second-order valence-corrected chi connectivity index (χ2v) is 10.0. The Kier molecular flexibility index (Phi) is 8.08. The minimum Gasteiger partial charge on any atom is -0.487 e. The predicted octanol–water partition coefficient (Wildman–Crippen LogP) is 5.42. The Bertz CT molecular complexity index is 1490. The molecule has 1 aliphatic heterocycles. The van der Waals surface area contributed by atoms with Gasteiger partial charge in [0, 0.05) is 43.7 Å². The van der Waals surface area contributed by atoms with E-state index in [9.17, 15) is 4.79 Å². The van der Waals surface area contributed by atoms with E-state index in [1.807, 2.05) is 54.4 Å². The lowest BCUT2D eigenvalue weighted by Gasteiger charge is -2.21. The van der Waals surface area contributed by atoms with E-state index in [2.05, 4.69) is 33.9 Å². The van der Waals surface area contributed by atoms with Gasteiger partial charge in [0.1, 0.15) is 23.6 Å². The molecule has 0 spiro atoms. The van der Waals surface area contributed by atoms with Crippen molar-refractivity contribution in [2.45, 2.75) is 26.6 Å². The second-order valence-electron chi connectivity index (χ2n) is 8.61. The van der Waals surface area contributed by atoms with E-state index in [1.165, 1.54) is 12.1 Å². The fourth-order valence-corrected chi connectivity index (χ4v) is 4.71. The zero-order valence-corrected chi connectivity index (χ0v) is 21.5. The molecule has 1 aliphatic carbocycles. The highest BCUT2D eigenvalue weighted by Gasteiger charge is 2.12. The average molecular weight is 513 g/mol. The van der Waals surface area contributed by atoms with Gasteiger partial charge in [-0.3, -0.25) is 19.7 Å². The van der Waals surface area contributed by atoms with Crippen LogP contribution in [0.15, 0.2) is 88.2 Å². The van der Waals surface area contributed by atoms with E-state index in [4.69, 9.17) is 14.1 Å². The molecule has 37 heavy (non-hydrogen) atoms. The van der Waals surface area contributed by atoms with Crippen molar-refractivity contribution in [1.82, 2.24) is 19.9 Å². The summed E-state index contributed by atoms with van der Waals surface area (Å²) in [7, 11) is 0. The third kappa shape index (κ3) is 6.72. The number of benzene rings is 2. The summed E-state index contributed by atoms with van der Waals surface area (Å²) in [5.74, 6) is 3.28. The summed E-state index contributed by atoms with van der Waals surface area (Å²) in [6.45, 7) is 5.00. The summed E-state index contributed by atoms with van der Waals surface area (Å²) in [4.78, 5) is 28.0. The molecule has 1 aromatic carbocycles. The lowest BCUT2D eigenvalue weighted by molar-refractivity contribution is 0.265. The largest absolute Gasteiger partial charge is 0.487 e. The van der Waals surface area contributed by atoms with Crippen LogP contribution in [0.1, 0.15) is 24.0 Å². The van der Waals surface area contributed by atoms with Gasteiger partial charge in [-0.1, -0.05) is 19.1 Å². The van der Waals surface area contributed by atoms with E-state index in [0.717, 1.165) is 48.2 Å². The van der Waals surface area contributed by atoms with E-state index in [1.54, 1.807) is 12.1 Å². The van der Waals surface area contributed by atoms with Crippen LogP contribution in [0, 0.1) is 0 Å². The molecule has 0 amide bonds. The number of ether oxygens (including phenoxy) is 1. The first-order valence-electron chi connectivity index (χ1n) is 12.3. The van der Waals surface area contributed by atoms with Crippen molar-refractivity contribution in [3.63, 3.8) is 0 Å². The Balaban J connectivity index is 1.27.